The van der Waals surface area contributed by atoms with Gasteiger partial charge in [0.2, 0.25) is 0 Å². The number of hydrogen-bond acceptors (Lipinski definition) is 6. The number of rotatable bonds is 3. The Morgan fingerprint density at radius 2 is 1.43 bits per heavy atom. The van der Waals surface area contributed by atoms with Gasteiger partial charge in [-0.15, -0.1) is 11.3 Å². The van der Waals surface area contributed by atoms with E-state index in [9.17, 15) is 0 Å². The first kappa shape index (κ1) is 28.2. The molecule has 1 N–H and O–H groups in total. The fourth-order valence-electron chi connectivity index (χ4n) is 7.48. The summed E-state index contributed by atoms with van der Waals surface area (Å²) in [4.78, 5) is 15.8. The summed E-state index contributed by atoms with van der Waals surface area (Å²) in [6.07, 6.45) is 8.27. The molecule has 0 spiro atoms. The molecule has 10 rings (SSSR count). The molecule has 2 aliphatic heterocycles. The molecule has 7 aromatic rings. The lowest BCUT2D eigenvalue weighted by atomic mass is 9.93. The summed E-state index contributed by atoms with van der Waals surface area (Å²) >= 11 is 1.81. The lowest BCUT2D eigenvalue weighted by Crippen LogP contribution is -2.40. The molecule has 236 valence electrons. The Morgan fingerprint density at radius 1 is 0.694 bits per heavy atom. The Morgan fingerprint density at radius 3 is 2.29 bits per heavy atom. The van der Waals surface area contributed by atoms with Crippen molar-refractivity contribution < 1.29 is 4.74 Å². The zero-order valence-corrected chi connectivity index (χ0v) is 27.8. The third-order valence-corrected chi connectivity index (χ3v) is 11.2. The highest BCUT2D eigenvalue weighted by atomic mass is 32.1. The standard InChI is InChI=1S/C42H31N5OS/c1-41-24-11-10-21-36(41)43-40(48-41)47-33-19-8-6-15-28(33)31-25-27(22-23-34(31)47)39-44-38(26-13-4-3-5-14-26)45-42(2,46-39)32-18-12-17-30-29-16-7-9-20-35(29)49-37(30)32/h3-25,36H,1-2H3,(H,44,45,46). The van der Waals surface area contributed by atoms with Crippen LogP contribution in [0.1, 0.15) is 30.5 Å². The number of nitrogens with zero attached hydrogens (tertiary/aromatic N) is 4. The molecule has 2 aromatic heterocycles. The maximum atomic E-state index is 6.58. The van der Waals surface area contributed by atoms with Crippen molar-refractivity contribution in [2.75, 3.05) is 0 Å². The molecular weight excluding hydrogens is 623 g/mol. The van der Waals surface area contributed by atoms with E-state index in [-0.39, 0.29) is 6.04 Å². The molecule has 6 nitrogen and oxygen atoms in total. The molecule has 0 bridgehead atoms. The van der Waals surface area contributed by atoms with Gasteiger partial charge in [0, 0.05) is 47.6 Å². The van der Waals surface area contributed by atoms with Crippen molar-refractivity contribution in [3.8, 4) is 0 Å². The minimum atomic E-state index is -0.867. The maximum Gasteiger partial charge on any atom is 0.298 e. The summed E-state index contributed by atoms with van der Waals surface area (Å²) in [7, 11) is 0. The van der Waals surface area contributed by atoms with Gasteiger partial charge in [-0.05, 0) is 50.3 Å². The van der Waals surface area contributed by atoms with E-state index in [0.29, 0.717) is 6.02 Å². The summed E-state index contributed by atoms with van der Waals surface area (Å²) < 4.78 is 11.2. The topological polar surface area (TPSA) is 63.3 Å². The molecule has 0 saturated carbocycles. The molecule has 3 atom stereocenters. The van der Waals surface area contributed by atoms with Gasteiger partial charge < -0.3 is 10.1 Å². The Kier molecular flexibility index (Phi) is 5.97. The molecule has 3 aliphatic rings. The average molecular weight is 654 g/mol. The molecule has 4 heterocycles. The largest absolute Gasteiger partial charge is 0.451 e. The Bertz CT molecular complexity index is 2660. The van der Waals surface area contributed by atoms with Crippen LogP contribution in [0.15, 0.2) is 155 Å². The second-order valence-corrected chi connectivity index (χ2v) is 14.2. The third-order valence-electron chi connectivity index (χ3n) is 9.97. The van der Waals surface area contributed by atoms with Crippen LogP contribution in [0.4, 0.5) is 0 Å². The number of allylic oxidation sites excluding steroid dienone is 2. The fourth-order valence-corrected chi connectivity index (χ4v) is 8.80. The Hall–Kier alpha value is -5.79. The number of benzene rings is 5. The van der Waals surface area contributed by atoms with E-state index in [1.54, 1.807) is 11.3 Å². The van der Waals surface area contributed by atoms with Gasteiger partial charge in [-0.1, -0.05) is 103 Å². The van der Waals surface area contributed by atoms with Gasteiger partial charge in [0.05, 0.1) is 11.0 Å². The Balaban J connectivity index is 1.16. The Labute approximate surface area is 287 Å². The van der Waals surface area contributed by atoms with Crippen LogP contribution >= 0.6 is 11.3 Å². The van der Waals surface area contributed by atoms with Gasteiger partial charge in [-0.2, -0.15) is 0 Å². The number of ether oxygens (including phenoxy) is 1. The summed E-state index contributed by atoms with van der Waals surface area (Å²) in [5.41, 5.74) is 3.79. The molecule has 5 aromatic carbocycles. The monoisotopic (exact) mass is 653 g/mol. The first-order valence-corrected chi connectivity index (χ1v) is 17.4. The molecule has 49 heavy (non-hydrogen) atoms. The van der Waals surface area contributed by atoms with Crippen LogP contribution in [0.25, 0.3) is 42.0 Å². The van der Waals surface area contributed by atoms with Crippen molar-refractivity contribution >= 4 is 71.0 Å². The number of hydrogen-bond donors (Lipinski definition) is 1. The summed E-state index contributed by atoms with van der Waals surface area (Å²) in [6.45, 7) is 4.22. The zero-order valence-electron chi connectivity index (χ0n) is 27.0. The molecule has 7 heteroatoms. The predicted molar refractivity (Wildman–Crippen MR) is 203 cm³/mol. The van der Waals surface area contributed by atoms with Crippen molar-refractivity contribution in [2.45, 2.75) is 31.2 Å². The van der Waals surface area contributed by atoms with Crippen molar-refractivity contribution in [1.29, 1.82) is 0 Å². The normalized spacial score (nSPS) is 23.0. The van der Waals surface area contributed by atoms with Gasteiger partial charge in [0.1, 0.15) is 17.7 Å². The second kappa shape index (κ2) is 10.4. The highest BCUT2D eigenvalue weighted by molar-refractivity contribution is 7.26. The van der Waals surface area contributed by atoms with Crippen LogP contribution in [0.2, 0.25) is 0 Å². The van der Waals surface area contributed by atoms with Gasteiger partial charge in [0.15, 0.2) is 11.3 Å². The summed E-state index contributed by atoms with van der Waals surface area (Å²) in [5.74, 6) is 1.57. The van der Waals surface area contributed by atoms with Crippen LogP contribution in [0, 0.1) is 0 Å². The number of amidine groups is 2. The predicted octanol–water partition coefficient (Wildman–Crippen LogP) is 9.32. The van der Waals surface area contributed by atoms with Crippen LogP contribution in [-0.2, 0) is 10.4 Å². The highest BCUT2D eigenvalue weighted by Crippen LogP contribution is 2.43. The zero-order chi connectivity index (χ0) is 32.7. The highest BCUT2D eigenvalue weighted by Gasteiger charge is 2.41. The van der Waals surface area contributed by atoms with Crippen LogP contribution in [-0.4, -0.2) is 33.9 Å². The summed E-state index contributed by atoms with van der Waals surface area (Å²) in [6, 6.07) is 41.0. The van der Waals surface area contributed by atoms with Crippen molar-refractivity contribution in [3.05, 3.63) is 156 Å². The quantitative estimate of drug-likeness (QED) is 0.207. The molecule has 0 saturated heterocycles. The van der Waals surface area contributed by atoms with Crippen LogP contribution < -0.4 is 5.32 Å². The number of nitrogens with one attached hydrogen (secondary N) is 1. The molecular formula is C42H31N5OS. The van der Waals surface area contributed by atoms with Crippen LogP contribution in [0.3, 0.4) is 0 Å². The second-order valence-electron chi connectivity index (χ2n) is 13.2. The molecule has 0 fully saturated rings. The lowest BCUT2D eigenvalue weighted by molar-refractivity contribution is 0.136. The van der Waals surface area contributed by atoms with Gasteiger partial charge in [-0.3, -0.25) is 4.57 Å². The van der Waals surface area contributed by atoms with E-state index in [1.807, 2.05) is 30.4 Å². The minimum absolute atomic E-state index is 0.0671. The van der Waals surface area contributed by atoms with Crippen molar-refractivity contribution in [3.63, 3.8) is 0 Å². The lowest BCUT2D eigenvalue weighted by Gasteiger charge is -2.30. The van der Waals surface area contributed by atoms with E-state index in [0.717, 1.165) is 50.2 Å². The van der Waals surface area contributed by atoms with E-state index >= 15 is 0 Å². The molecule has 1 aliphatic carbocycles. The van der Waals surface area contributed by atoms with Gasteiger partial charge in [-0.25, -0.2) is 15.0 Å². The SMILES string of the molecule is CC1(c2cccc3c2sc2ccccc23)N=C(c2ccccc2)NC(c2ccc3c(c2)c2ccccc2n3C2=NC3C=CC=CC3(C)O2)=N1. The maximum absolute atomic E-state index is 6.58. The van der Waals surface area contributed by atoms with Crippen molar-refractivity contribution in [2.24, 2.45) is 15.0 Å². The number of thiophene rings is 1. The van der Waals surface area contributed by atoms with Crippen LogP contribution in [0.5, 0.6) is 0 Å². The molecule has 0 amide bonds. The van der Waals surface area contributed by atoms with Crippen molar-refractivity contribution in [1.82, 2.24) is 9.88 Å². The first-order chi connectivity index (χ1) is 24.0. The van der Waals surface area contributed by atoms with E-state index in [1.165, 1.54) is 20.2 Å². The smallest absolute Gasteiger partial charge is 0.298 e. The van der Waals surface area contributed by atoms with E-state index < -0.39 is 11.3 Å². The number of para-hydroxylation sites is 1. The minimum Gasteiger partial charge on any atom is -0.451 e. The number of aliphatic imine (C=N–C) groups is 3. The number of fused-ring (bicyclic) bond motifs is 7. The first-order valence-electron chi connectivity index (χ1n) is 16.6. The fraction of sp³-hybridized carbons (Fsp3) is 0.119. The summed E-state index contributed by atoms with van der Waals surface area (Å²) in [5, 5.41) is 8.36. The van der Waals surface area contributed by atoms with Gasteiger partial charge >= 0.3 is 0 Å². The van der Waals surface area contributed by atoms with E-state index in [4.69, 9.17) is 19.7 Å². The van der Waals surface area contributed by atoms with E-state index in [2.05, 4.69) is 133 Å². The average Bonchev–Trinajstić information content (AvgIpc) is 3.80. The van der Waals surface area contributed by atoms with Gasteiger partial charge in [0.25, 0.3) is 6.02 Å². The number of aromatic nitrogens is 1. The molecule has 0 radical (unpaired) electrons. The molecule has 3 unspecified atom stereocenters. The third kappa shape index (κ3) is 4.28.